The third-order valence-corrected chi connectivity index (χ3v) is 6.54. The van der Waals surface area contributed by atoms with Crippen molar-refractivity contribution in [2.75, 3.05) is 12.3 Å². The van der Waals surface area contributed by atoms with Crippen molar-refractivity contribution >= 4 is 27.7 Å². The summed E-state index contributed by atoms with van der Waals surface area (Å²) in [7, 11) is -4.15. The molecule has 0 saturated heterocycles. The Kier molecular flexibility index (Phi) is 8.03. The Balaban J connectivity index is 1.94. The molecule has 0 aliphatic carbocycles. The molecule has 5 nitrogen and oxygen atoms in total. The van der Waals surface area contributed by atoms with Crippen LogP contribution in [0.1, 0.15) is 19.4 Å². The molecule has 1 amide bonds. The van der Waals surface area contributed by atoms with Crippen LogP contribution in [0, 0.1) is 18.7 Å². The molecule has 1 atom stereocenters. The number of aryl methyl sites for hydroxylation is 1. The molecule has 2 aromatic carbocycles. The van der Waals surface area contributed by atoms with E-state index in [1.54, 1.807) is 25.6 Å². The maximum Gasteiger partial charge on any atom is 0.244 e. The normalized spacial score (nSPS) is 12.8. The van der Waals surface area contributed by atoms with Crippen LogP contribution in [0.15, 0.2) is 58.3 Å². The van der Waals surface area contributed by atoms with Gasteiger partial charge in [-0.15, -0.1) is 11.8 Å². The lowest BCUT2D eigenvalue weighted by molar-refractivity contribution is -0.123. The van der Waals surface area contributed by atoms with E-state index in [0.29, 0.717) is 12.3 Å². The molecule has 2 rings (SSSR count). The van der Waals surface area contributed by atoms with E-state index in [-0.39, 0.29) is 5.92 Å². The number of sulfonamides is 1. The van der Waals surface area contributed by atoms with Crippen molar-refractivity contribution < 1.29 is 17.6 Å². The number of amides is 1. The van der Waals surface area contributed by atoms with Crippen LogP contribution >= 0.6 is 11.8 Å². The van der Waals surface area contributed by atoms with Gasteiger partial charge >= 0.3 is 0 Å². The topological polar surface area (TPSA) is 75.3 Å². The molecule has 0 fully saturated rings. The third-order valence-electron chi connectivity index (χ3n) is 4.05. The SMILES string of the molecule is Cc1ccc(SCCNC(=O)[C@H](NS(=O)(=O)c2ccccc2F)C(C)C)cc1. The minimum atomic E-state index is -4.15. The van der Waals surface area contributed by atoms with Gasteiger partial charge in [0.25, 0.3) is 0 Å². The van der Waals surface area contributed by atoms with Gasteiger partial charge in [0.2, 0.25) is 15.9 Å². The fourth-order valence-corrected chi connectivity index (χ4v) is 4.66. The van der Waals surface area contributed by atoms with Crippen molar-refractivity contribution in [2.45, 2.75) is 36.6 Å². The van der Waals surface area contributed by atoms with Crippen molar-refractivity contribution in [3.05, 3.63) is 59.9 Å². The Hall–Kier alpha value is -1.90. The molecule has 2 aromatic rings. The first kappa shape index (κ1) is 22.4. The molecule has 2 N–H and O–H groups in total. The second-order valence-electron chi connectivity index (χ2n) is 6.73. The Morgan fingerprint density at radius 2 is 1.75 bits per heavy atom. The summed E-state index contributed by atoms with van der Waals surface area (Å²) in [4.78, 5) is 13.1. The van der Waals surface area contributed by atoms with E-state index in [1.807, 2.05) is 31.2 Å². The number of halogens is 1. The van der Waals surface area contributed by atoms with Crippen molar-refractivity contribution in [3.8, 4) is 0 Å². The number of hydrogen-bond donors (Lipinski definition) is 2. The lowest BCUT2D eigenvalue weighted by atomic mass is 10.1. The minimum absolute atomic E-state index is 0.300. The highest BCUT2D eigenvalue weighted by molar-refractivity contribution is 7.99. The van der Waals surface area contributed by atoms with Crippen molar-refractivity contribution in [1.82, 2.24) is 10.0 Å². The van der Waals surface area contributed by atoms with Crippen LogP contribution in [0.4, 0.5) is 4.39 Å². The van der Waals surface area contributed by atoms with E-state index in [9.17, 15) is 17.6 Å². The first-order chi connectivity index (χ1) is 13.2. The third kappa shape index (κ3) is 6.32. The first-order valence-corrected chi connectivity index (χ1v) is 11.4. The van der Waals surface area contributed by atoms with Gasteiger partial charge in [-0.25, -0.2) is 12.8 Å². The summed E-state index contributed by atoms with van der Waals surface area (Å²) in [5.74, 6) is -0.933. The summed E-state index contributed by atoms with van der Waals surface area (Å²) in [5.41, 5.74) is 1.18. The van der Waals surface area contributed by atoms with Gasteiger partial charge in [-0.2, -0.15) is 4.72 Å². The molecule has 0 spiro atoms. The second kappa shape index (κ2) is 10.0. The number of carbonyl (C=O) groups is 1. The van der Waals surface area contributed by atoms with Crippen LogP contribution in [-0.2, 0) is 14.8 Å². The highest BCUT2D eigenvalue weighted by Gasteiger charge is 2.29. The van der Waals surface area contributed by atoms with Gasteiger partial charge in [-0.3, -0.25) is 4.79 Å². The smallest absolute Gasteiger partial charge is 0.244 e. The Morgan fingerprint density at radius 3 is 2.36 bits per heavy atom. The van der Waals surface area contributed by atoms with Crippen molar-refractivity contribution in [3.63, 3.8) is 0 Å². The summed E-state index contributed by atoms with van der Waals surface area (Å²) in [6.07, 6.45) is 0. The number of hydrogen-bond acceptors (Lipinski definition) is 4. The zero-order chi connectivity index (χ0) is 20.7. The van der Waals surface area contributed by atoms with Gasteiger partial charge in [-0.1, -0.05) is 43.7 Å². The maximum absolute atomic E-state index is 13.8. The van der Waals surface area contributed by atoms with Crippen LogP contribution in [-0.4, -0.2) is 32.7 Å². The summed E-state index contributed by atoms with van der Waals surface area (Å²) in [6, 6.07) is 12.2. The lowest BCUT2D eigenvalue weighted by Crippen LogP contribution is -2.50. The van der Waals surface area contributed by atoms with Crippen LogP contribution < -0.4 is 10.0 Å². The summed E-state index contributed by atoms with van der Waals surface area (Å²) < 4.78 is 41.1. The maximum atomic E-state index is 13.8. The molecule has 152 valence electrons. The molecule has 0 aliphatic heterocycles. The van der Waals surface area contributed by atoms with Crippen LogP contribution in [0.25, 0.3) is 0 Å². The number of rotatable bonds is 9. The number of carbonyl (C=O) groups excluding carboxylic acids is 1. The monoisotopic (exact) mass is 424 g/mol. The highest BCUT2D eigenvalue weighted by Crippen LogP contribution is 2.18. The summed E-state index contributed by atoms with van der Waals surface area (Å²) in [5, 5.41) is 2.75. The summed E-state index contributed by atoms with van der Waals surface area (Å²) >= 11 is 1.60. The van der Waals surface area contributed by atoms with Gasteiger partial charge in [0.15, 0.2) is 0 Å². The molecule has 0 saturated carbocycles. The molecular formula is C20H25FN2O3S2. The molecule has 28 heavy (non-hydrogen) atoms. The number of nitrogens with one attached hydrogen (secondary N) is 2. The average Bonchev–Trinajstić information content (AvgIpc) is 2.64. The highest BCUT2D eigenvalue weighted by atomic mass is 32.2. The summed E-state index contributed by atoms with van der Waals surface area (Å²) in [6.45, 7) is 5.87. The first-order valence-electron chi connectivity index (χ1n) is 8.95. The minimum Gasteiger partial charge on any atom is -0.354 e. The van der Waals surface area contributed by atoms with Crippen molar-refractivity contribution in [2.24, 2.45) is 5.92 Å². The van der Waals surface area contributed by atoms with Gasteiger partial charge in [0.05, 0.1) is 0 Å². The van der Waals surface area contributed by atoms with Gasteiger partial charge in [0, 0.05) is 17.2 Å². The van der Waals surface area contributed by atoms with Crippen LogP contribution in [0.2, 0.25) is 0 Å². The van der Waals surface area contributed by atoms with E-state index in [2.05, 4.69) is 10.0 Å². The van der Waals surface area contributed by atoms with Crippen LogP contribution in [0.3, 0.4) is 0 Å². The predicted molar refractivity (Wildman–Crippen MR) is 110 cm³/mol. The molecule has 0 heterocycles. The zero-order valence-corrected chi connectivity index (χ0v) is 17.7. The average molecular weight is 425 g/mol. The lowest BCUT2D eigenvalue weighted by Gasteiger charge is -2.21. The molecule has 0 aliphatic rings. The van der Waals surface area contributed by atoms with E-state index in [4.69, 9.17) is 0 Å². The molecule has 0 radical (unpaired) electrons. The molecule has 8 heteroatoms. The largest absolute Gasteiger partial charge is 0.354 e. The fraction of sp³-hybridized carbons (Fsp3) is 0.350. The van der Waals surface area contributed by atoms with E-state index >= 15 is 0 Å². The van der Waals surface area contributed by atoms with Gasteiger partial charge in [0.1, 0.15) is 16.8 Å². The molecular weight excluding hydrogens is 399 g/mol. The number of benzene rings is 2. The molecule has 0 unspecified atom stereocenters. The predicted octanol–water partition coefficient (Wildman–Crippen LogP) is 3.35. The number of thioether (sulfide) groups is 1. The Morgan fingerprint density at radius 1 is 1.11 bits per heavy atom. The van der Waals surface area contributed by atoms with Crippen LogP contribution in [0.5, 0.6) is 0 Å². The molecule has 0 aromatic heterocycles. The zero-order valence-electron chi connectivity index (χ0n) is 16.1. The van der Waals surface area contributed by atoms with Crippen molar-refractivity contribution in [1.29, 1.82) is 0 Å². The van der Waals surface area contributed by atoms with Gasteiger partial charge in [-0.05, 0) is 37.1 Å². The second-order valence-corrected chi connectivity index (χ2v) is 9.58. The Labute approximate surface area is 170 Å². The quantitative estimate of drug-likeness (QED) is 0.478. The fourth-order valence-electron chi connectivity index (χ4n) is 2.47. The van der Waals surface area contributed by atoms with Gasteiger partial charge < -0.3 is 5.32 Å². The Bertz CT molecular complexity index is 900. The standard InChI is InChI=1S/C20H25FN2O3S2/c1-14(2)19(23-28(25,26)18-7-5-4-6-17(18)21)20(24)22-12-13-27-16-10-8-15(3)9-11-16/h4-11,14,19,23H,12-13H2,1-3H3,(H,22,24)/t19-/m1/s1. The van der Waals surface area contributed by atoms with E-state index in [1.165, 1.54) is 23.8 Å². The van der Waals surface area contributed by atoms with E-state index in [0.717, 1.165) is 11.0 Å². The molecule has 0 bridgehead atoms. The van der Waals surface area contributed by atoms with E-state index < -0.39 is 32.7 Å².